The third-order valence-electron chi connectivity index (χ3n) is 3.14. The SMILES string of the molecule is Cc1cc(CN2CCC[C@@H]2CF)n(C)n1. The molecule has 0 unspecified atom stereocenters. The summed E-state index contributed by atoms with van der Waals surface area (Å²) in [6.07, 6.45) is 2.11. The third-order valence-corrected chi connectivity index (χ3v) is 3.14. The van der Waals surface area contributed by atoms with Crippen LogP contribution < -0.4 is 0 Å². The van der Waals surface area contributed by atoms with Crippen molar-refractivity contribution in [3.8, 4) is 0 Å². The van der Waals surface area contributed by atoms with Gasteiger partial charge in [-0.25, -0.2) is 4.39 Å². The molecule has 1 aliphatic heterocycles. The molecule has 0 bridgehead atoms. The molecular formula is C11H18FN3. The van der Waals surface area contributed by atoms with Crippen molar-refractivity contribution in [2.45, 2.75) is 32.4 Å². The second kappa shape index (κ2) is 4.31. The lowest BCUT2D eigenvalue weighted by molar-refractivity contribution is 0.203. The van der Waals surface area contributed by atoms with Crippen molar-refractivity contribution in [1.82, 2.24) is 14.7 Å². The predicted molar refractivity (Wildman–Crippen MR) is 57.4 cm³/mol. The molecule has 0 N–H and O–H groups in total. The molecule has 0 aliphatic carbocycles. The first-order chi connectivity index (χ1) is 7.20. The maximum absolute atomic E-state index is 12.7. The van der Waals surface area contributed by atoms with Crippen LogP contribution in [0.3, 0.4) is 0 Å². The second-order valence-electron chi connectivity index (χ2n) is 4.32. The van der Waals surface area contributed by atoms with Gasteiger partial charge in [-0.05, 0) is 32.4 Å². The summed E-state index contributed by atoms with van der Waals surface area (Å²) in [6, 6.07) is 2.20. The Balaban J connectivity index is 2.05. The molecule has 3 nitrogen and oxygen atoms in total. The predicted octanol–water partition coefficient (Wildman–Crippen LogP) is 1.66. The maximum atomic E-state index is 12.7. The lowest BCUT2D eigenvalue weighted by Gasteiger charge is -2.21. The summed E-state index contributed by atoms with van der Waals surface area (Å²) in [5, 5.41) is 4.30. The standard InChI is InChI=1S/C11H18FN3/c1-9-6-11(14(2)13-9)8-15-5-3-4-10(15)7-12/h6,10H,3-5,7-8H2,1-2H3/t10-/m1/s1. The Hall–Kier alpha value is -0.900. The first-order valence-corrected chi connectivity index (χ1v) is 5.50. The fourth-order valence-electron chi connectivity index (χ4n) is 2.30. The quantitative estimate of drug-likeness (QED) is 0.758. The van der Waals surface area contributed by atoms with E-state index in [1.165, 1.54) is 5.69 Å². The van der Waals surface area contributed by atoms with E-state index in [1.54, 1.807) is 0 Å². The highest BCUT2D eigenvalue weighted by molar-refractivity contribution is 5.08. The zero-order valence-electron chi connectivity index (χ0n) is 9.41. The molecule has 1 aliphatic rings. The van der Waals surface area contributed by atoms with Crippen LogP contribution in [0.2, 0.25) is 0 Å². The summed E-state index contributed by atoms with van der Waals surface area (Å²) in [7, 11) is 1.95. The lowest BCUT2D eigenvalue weighted by Crippen LogP contribution is -2.31. The van der Waals surface area contributed by atoms with E-state index in [-0.39, 0.29) is 12.7 Å². The summed E-state index contributed by atoms with van der Waals surface area (Å²) in [5.41, 5.74) is 2.20. The molecule has 84 valence electrons. The van der Waals surface area contributed by atoms with Gasteiger partial charge in [-0.15, -0.1) is 0 Å². The molecule has 0 spiro atoms. The van der Waals surface area contributed by atoms with E-state index < -0.39 is 0 Å². The number of nitrogens with zero attached hydrogens (tertiary/aromatic N) is 3. The van der Waals surface area contributed by atoms with Gasteiger partial charge in [-0.1, -0.05) is 0 Å². The van der Waals surface area contributed by atoms with E-state index in [0.29, 0.717) is 0 Å². The first-order valence-electron chi connectivity index (χ1n) is 5.50. The zero-order valence-corrected chi connectivity index (χ0v) is 9.41. The van der Waals surface area contributed by atoms with Crippen molar-refractivity contribution in [1.29, 1.82) is 0 Å². The number of halogens is 1. The molecule has 1 aromatic heterocycles. The van der Waals surface area contributed by atoms with Crippen LogP contribution >= 0.6 is 0 Å². The molecule has 0 amide bonds. The Labute approximate surface area is 89.9 Å². The van der Waals surface area contributed by atoms with Gasteiger partial charge in [0.25, 0.3) is 0 Å². The van der Waals surface area contributed by atoms with Crippen LogP contribution in [0, 0.1) is 6.92 Å². The van der Waals surface area contributed by atoms with Crippen LogP contribution in [-0.2, 0) is 13.6 Å². The van der Waals surface area contributed by atoms with Gasteiger partial charge in [-0.3, -0.25) is 9.58 Å². The van der Waals surface area contributed by atoms with Gasteiger partial charge in [0.05, 0.1) is 11.4 Å². The molecule has 1 atom stereocenters. The van der Waals surface area contributed by atoms with Crippen molar-refractivity contribution in [2.24, 2.45) is 7.05 Å². The number of likely N-dealkylation sites (tertiary alicyclic amines) is 1. The van der Waals surface area contributed by atoms with E-state index in [0.717, 1.165) is 31.6 Å². The number of rotatable bonds is 3. The van der Waals surface area contributed by atoms with Crippen LogP contribution in [0.15, 0.2) is 6.07 Å². The van der Waals surface area contributed by atoms with E-state index in [4.69, 9.17) is 0 Å². The largest absolute Gasteiger partial charge is 0.292 e. The maximum Gasteiger partial charge on any atom is 0.105 e. The summed E-state index contributed by atoms with van der Waals surface area (Å²) in [5.74, 6) is 0. The zero-order chi connectivity index (χ0) is 10.8. The Morgan fingerprint density at radius 2 is 2.40 bits per heavy atom. The monoisotopic (exact) mass is 211 g/mol. The van der Waals surface area contributed by atoms with E-state index in [2.05, 4.69) is 16.1 Å². The Bertz CT molecular complexity index is 335. The summed E-state index contributed by atoms with van der Waals surface area (Å²) in [4.78, 5) is 2.22. The Morgan fingerprint density at radius 3 is 3.00 bits per heavy atom. The minimum Gasteiger partial charge on any atom is -0.292 e. The van der Waals surface area contributed by atoms with Crippen LogP contribution in [0.25, 0.3) is 0 Å². The third kappa shape index (κ3) is 2.20. The van der Waals surface area contributed by atoms with Crippen molar-refractivity contribution in [3.05, 3.63) is 17.5 Å². The normalized spacial score (nSPS) is 22.5. The van der Waals surface area contributed by atoms with Crippen LogP contribution in [0.1, 0.15) is 24.2 Å². The van der Waals surface area contributed by atoms with Crippen molar-refractivity contribution < 1.29 is 4.39 Å². The minimum atomic E-state index is -0.225. The van der Waals surface area contributed by atoms with Gasteiger partial charge in [0.15, 0.2) is 0 Å². The highest BCUT2D eigenvalue weighted by Crippen LogP contribution is 2.20. The van der Waals surface area contributed by atoms with Crippen LogP contribution in [0.4, 0.5) is 4.39 Å². The number of alkyl halides is 1. The van der Waals surface area contributed by atoms with Gasteiger partial charge >= 0.3 is 0 Å². The highest BCUT2D eigenvalue weighted by Gasteiger charge is 2.24. The average Bonchev–Trinajstić information content (AvgIpc) is 2.74. The number of hydrogen-bond acceptors (Lipinski definition) is 2. The van der Waals surface area contributed by atoms with Crippen LogP contribution in [0.5, 0.6) is 0 Å². The fraction of sp³-hybridized carbons (Fsp3) is 0.727. The fourth-order valence-corrected chi connectivity index (χ4v) is 2.30. The highest BCUT2D eigenvalue weighted by atomic mass is 19.1. The Morgan fingerprint density at radius 1 is 1.60 bits per heavy atom. The molecule has 15 heavy (non-hydrogen) atoms. The molecule has 0 radical (unpaired) electrons. The van der Waals surface area contributed by atoms with E-state index in [1.807, 2.05) is 18.7 Å². The topological polar surface area (TPSA) is 21.1 Å². The lowest BCUT2D eigenvalue weighted by atomic mass is 10.2. The van der Waals surface area contributed by atoms with Gasteiger partial charge in [-0.2, -0.15) is 5.10 Å². The van der Waals surface area contributed by atoms with Gasteiger partial charge in [0.2, 0.25) is 0 Å². The smallest absolute Gasteiger partial charge is 0.105 e. The first kappa shape index (κ1) is 10.6. The molecule has 1 fully saturated rings. The number of aryl methyl sites for hydroxylation is 2. The van der Waals surface area contributed by atoms with E-state index >= 15 is 0 Å². The van der Waals surface area contributed by atoms with Crippen molar-refractivity contribution in [2.75, 3.05) is 13.2 Å². The molecule has 0 saturated carbocycles. The molecule has 4 heteroatoms. The average molecular weight is 211 g/mol. The van der Waals surface area contributed by atoms with Gasteiger partial charge < -0.3 is 0 Å². The molecule has 1 saturated heterocycles. The van der Waals surface area contributed by atoms with Crippen molar-refractivity contribution >= 4 is 0 Å². The van der Waals surface area contributed by atoms with E-state index in [9.17, 15) is 4.39 Å². The van der Waals surface area contributed by atoms with Crippen molar-refractivity contribution in [3.63, 3.8) is 0 Å². The molecule has 1 aromatic rings. The van der Waals surface area contributed by atoms with Gasteiger partial charge in [0, 0.05) is 19.6 Å². The Kier molecular flexibility index (Phi) is 3.05. The van der Waals surface area contributed by atoms with Gasteiger partial charge in [0.1, 0.15) is 6.67 Å². The molecule has 2 heterocycles. The summed E-state index contributed by atoms with van der Waals surface area (Å²) in [6.45, 7) is 3.60. The second-order valence-corrected chi connectivity index (χ2v) is 4.32. The van der Waals surface area contributed by atoms with Crippen LogP contribution in [-0.4, -0.2) is 33.9 Å². The molecular weight excluding hydrogens is 193 g/mol. The molecule has 0 aromatic carbocycles. The number of aromatic nitrogens is 2. The summed E-state index contributed by atoms with van der Waals surface area (Å²) >= 11 is 0. The summed E-state index contributed by atoms with van der Waals surface area (Å²) < 4.78 is 14.6. The number of hydrogen-bond donors (Lipinski definition) is 0. The minimum absolute atomic E-state index is 0.125. The molecule has 2 rings (SSSR count).